The molecule has 0 fully saturated rings. The first-order chi connectivity index (χ1) is 5.25. The highest BCUT2D eigenvalue weighted by Gasteiger charge is 2.02. The molecule has 0 saturated carbocycles. The Hall–Kier alpha value is -1.09. The van der Waals surface area contributed by atoms with Crippen molar-refractivity contribution in [1.82, 2.24) is 9.55 Å². The van der Waals surface area contributed by atoms with Crippen molar-refractivity contribution < 1.29 is 5.11 Å². The van der Waals surface area contributed by atoms with Gasteiger partial charge in [0.15, 0.2) is 0 Å². The molecule has 0 unspecified atom stereocenters. The number of imidazole rings is 1. The second kappa shape index (κ2) is 3.34. The van der Waals surface area contributed by atoms with E-state index in [0.717, 1.165) is 11.4 Å². The van der Waals surface area contributed by atoms with Crippen LogP contribution >= 0.6 is 0 Å². The molecule has 1 aromatic rings. The Kier molecular flexibility index (Phi) is 2.44. The molecule has 0 aliphatic carbocycles. The van der Waals surface area contributed by atoms with Crippen molar-refractivity contribution in [3.63, 3.8) is 0 Å². The van der Waals surface area contributed by atoms with Gasteiger partial charge in [0.05, 0.1) is 0 Å². The van der Waals surface area contributed by atoms with Crippen LogP contribution in [0, 0.1) is 0 Å². The maximum Gasteiger partial charge on any atom is 0.135 e. The number of hydrogen-bond acceptors (Lipinski definition) is 2. The van der Waals surface area contributed by atoms with Crippen LogP contribution < -0.4 is 0 Å². The topological polar surface area (TPSA) is 38.1 Å². The standard InChI is InChI=1S/C8H12N2O/c1-7(3-6-11)8-9-4-5-10(8)2/h4-5,11H,1,3,6H2,2H3. The van der Waals surface area contributed by atoms with E-state index in [2.05, 4.69) is 11.6 Å². The lowest BCUT2D eigenvalue weighted by molar-refractivity contribution is 0.304. The number of nitrogens with zero attached hydrogens (tertiary/aromatic N) is 2. The molecule has 0 bridgehead atoms. The molecule has 0 aromatic carbocycles. The summed E-state index contributed by atoms with van der Waals surface area (Å²) in [6, 6.07) is 0. The van der Waals surface area contributed by atoms with Gasteiger partial charge in [0.1, 0.15) is 5.82 Å². The average Bonchev–Trinajstić information content (AvgIpc) is 2.36. The number of hydrogen-bond donors (Lipinski definition) is 1. The van der Waals surface area contributed by atoms with Crippen LogP contribution in [0.3, 0.4) is 0 Å². The summed E-state index contributed by atoms with van der Waals surface area (Å²) in [5.74, 6) is 0.846. The van der Waals surface area contributed by atoms with Gasteiger partial charge < -0.3 is 9.67 Å². The molecule has 0 radical (unpaired) electrons. The fourth-order valence-corrected chi connectivity index (χ4v) is 0.953. The van der Waals surface area contributed by atoms with Crippen LogP contribution in [0.5, 0.6) is 0 Å². The molecule has 0 aliphatic heterocycles. The van der Waals surface area contributed by atoms with Crippen molar-refractivity contribution in [2.24, 2.45) is 7.05 Å². The lowest BCUT2D eigenvalue weighted by Crippen LogP contribution is -1.96. The molecule has 0 spiro atoms. The maximum absolute atomic E-state index is 8.63. The Morgan fingerprint density at radius 1 is 1.82 bits per heavy atom. The number of aliphatic hydroxyl groups excluding tert-OH is 1. The largest absolute Gasteiger partial charge is 0.396 e. The molecule has 11 heavy (non-hydrogen) atoms. The van der Waals surface area contributed by atoms with Gasteiger partial charge in [-0.3, -0.25) is 0 Å². The molecular weight excluding hydrogens is 140 g/mol. The van der Waals surface area contributed by atoms with Gasteiger partial charge in [-0.25, -0.2) is 4.98 Å². The number of rotatable bonds is 3. The molecule has 0 saturated heterocycles. The molecule has 0 amide bonds. The SMILES string of the molecule is C=C(CCO)c1nccn1C. The van der Waals surface area contributed by atoms with Gasteiger partial charge in [-0.15, -0.1) is 0 Å². The summed E-state index contributed by atoms with van der Waals surface area (Å²) in [5.41, 5.74) is 0.875. The van der Waals surface area contributed by atoms with Crippen LogP contribution in [-0.2, 0) is 7.05 Å². The zero-order valence-corrected chi connectivity index (χ0v) is 6.62. The third-order valence-electron chi connectivity index (χ3n) is 1.55. The minimum Gasteiger partial charge on any atom is -0.396 e. The molecular formula is C8H12N2O. The minimum atomic E-state index is 0.131. The van der Waals surface area contributed by atoms with Gasteiger partial charge in [-0.05, 0) is 12.0 Å². The van der Waals surface area contributed by atoms with Crippen molar-refractivity contribution in [1.29, 1.82) is 0 Å². The molecule has 3 heteroatoms. The summed E-state index contributed by atoms with van der Waals surface area (Å²) in [6.45, 7) is 3.94. The van der Waals surface area contributed by atoms with Gasteiger partial charge in [0, 0.05) is 26.0 Å². The average molecular weight is 152 g/mol. The van der Waals surface area contributed by atoms with Gasteiger partial charge in [0.25, 0.3) is 0 Å². The van der Waals surface area contributed by atoms with Crippen molar-refractivity contribution in [2.45, 2.75) is 6.42 Å². The Morgan fingerprint density at radius 2 is 2.55 bits per heavy atom. The predicted molar refractivity (Wildman–Crippen MR) is 43.9 cm³/mol. The molecule has 1 N–H and O–H groups in total. The van der Waals surface area contributed by atoms with E-state index in [9.17, 15) is 0 Å². The summed E-state index contributed by atoms with van der Waals surface area (Å²) < 4.78 is 1.89. The fourth-order valence-electron chi connectivity index (χ4n) is 0.953. The quantitative estimate of drug-likeness (QED) is 0.696. The maximum atomic E-state index is 8.63. The monoisotopic (exact) mass is 152 g/mol. The van der Waals surface area contributed by atoms with Gasteiger partial charge in [-0.2, -0.15) is 0 Å². The van der Waals surface area contributed by atoms with Crippen molar-refractivity contribution >= 4 is 5.57 Å². The zero-order chi connectivity index (χ0) is 8.27. The van der Waals surface area contributed by atoms with Crippen LogP contribution in [0.25, 0.3) is 5.57 Å². The minimum absolute atomic E-state index is 0.131. The third-order valence-corrected chi connectivity index (χ3v) is 1.55. The highest BCUT2D eigenvalue weighted by atomic mass is 16.2. The molecule has 1 rings (SSSR count). The molecule has 0 aliphatic rings. The fraction of sp³-hybridized carbons (Fsp3) is 0.375. The van der Waals surface area contributed by atoms with Crippen LogP contribution in [0.2, 0.25) is 0 Å². The lowest BCUT2D eigenvalue weighted by Gasteiger charge is -2.02. The Balaban J connectivity index is 2.76. The van der Waals surface area contributed by atoms with E-state index in [1.54, 1.807) is 6.20 Å². The van der Waals surface area contributed by atoms with Gasteiger partial charge in [0.2, 0.25) is 0 Å². The highest BCUT2D eigenvalue weighted by Crippen LogP contribution is 2.11. The molecule has 1 heterocycles. The van der Waals surface area contributed by atoms with Gasteiger partial charge in [-0.1, -0.05) is 6.58 Å². The van der Waals surface area contributed by atoms with Crippen molar-refractivity contribution in [2.75, 3.05) is 6.61 Å². The Bertz CT molecular complexity index is 252. The van der Waals surface area contributed by atoms with E-state index in [1.165, 1.54) is 0 Å². The normalized spacial score (nSPS) is 10.0. The molecule has 0 atom stereocenters. The zero-order valence-electron chi connectivity index (χ0n) is 6.62. The first-order valence-electron chi connectivity index (χ1n) is 3.52. The van der Waals surface area contributed by atoms with Crippen LogP contribution in [-0.4, -0.2) is 21.3 Å². The van der Waals surface area contributed by atoms with E-state index in [1.807, 2.05) is 17.8 Å². The summed E-state index contributed by atoms with van der Waals surface area (Å²) in [4.78, 5) is 4.09. The Labute approximate surface area is 66.0 Å². The number of aliphatic hydroxyl groups is 1. The van der Waals surface area contributed by atoms with E-state index in [0.29, 0.717) is 6.42 Å². The summed E-state index contributed by atoms with van der Waals surface area (Å²) in [7, 11) is 1.91. The first kappa shape index (κ1) is 8.01. The van der Waals surface area contributed by atoms with Gasteiger partial charge >= 0.3 is 0 Å². The third kappa shape index (κ3) is 1.68. The summed E-state index contributed by atoms with van der Waals surface area (Å²) >= 11 is 0. The molecule has 60 valence electrons. The van der Waals surface area contributed by atoms with Crippen LogP contribution in [0.15, 0.2) is 19.0 Å². The highest BCUT2D eigenvalue weighted by molar-refractivity contribution is 5.57. The van der Waals surface area contributed by atoms with E-state index in [4.69, 9.17) is 5.11 Å². The van der Waals surface area contributed by atoms with E-state index >= 15 is 0 Å². The molecule has 3 nitrogen and oxygen atoms in total. The van der Waals surface area contributed by atoms with Crippen molar-refractivity contribution in [3.05, 3.63) is 24.8 Å². The second-order valence-corrected chi connectivity index (χ2v) is 2.44. The summed E-state index contributed by atoms with van der Waals surface area (Å²) in [6.07, 6.45) is 4.17. The van der Waals surface area contributed by atoms with Crippen LogP contribution in [0.1, 0.15) is 12.2 Å². The van der Waals surface area contributed by atoms with E-state index < -0.39 is 0 Å². The summed E-state index contributed by atoms with van der Waals surface area (Å²) in [5, 5.41) is 8.63. The van der Waals surface area contributed by atoms with Crippen LogP contribution in [0.4, 0.5) is 0 Å². The lowest BCUT2D eigenvalue weighted by atomic mass is 10.2. The smallest absolute Gasteiger partial charge is 0.135 e. The Morgan fingerprint density at radius 3 is 3.00 bits per heavy atom. The first-order valence-corrected chi connectivity index (χ1v) is 3.52. The number of aromatic nitrogens is 2. The molecule has 1 aromatic heterocycles. The number of aryl methyl sites for hydroxylation is 1. The predicted octanol–water partition coefficient (Wildman–Crippen LogP) is 0.816. The second-order valence-electron chi connectivity index (χ2n) is 2.44. The van der Waals surface area contributed by atoms with Crippen molar-refractivity contribution in [3.8, 4) is 0 Å². The van der Waals surface area contributed by atoms with E-state index in [-0.39, 0.29) is 6.61 Å².